The van der Waals surface area contributed by atoms with Gasteiger partial charge >= 0.3 is 5.97 Å². The molecule has 1 amide bonds. The van der Waals surface area contributed by atoms with Gasteiger partial charge in [-0.05, 0) is 39.0 Å². The highest BCUT2D eigenvalue weighted by Crippen LogP contribution is 2.39. The van der Waals surface area contributed by atoms with Crippen molar-refractivity contribution in [1.29, 1.82) is 0 Å². The van der Waals surface area contributed by atoms with Gasteiger partial charge in [0.05, 0.1) is 0 Å². The van der Waals surface area contributed by atoms with Crippen LogP contribution in [0.2, 0.25) is 0 Å². The van der Waals surface area contributed by atoms with Gasteiger partial charge in [-0.1, -0.05) is 0 Å². The maximum atomic E-state index is 11.6. The van der Waals surface area contributed by atoms with Gasteiger partial charge in [0, 0.05) is 12.0 Å². The summed E-state index contributed by atoms with van der Waals surface area (Å²) in [6.45, 7) is 4.00. The quantitative estimate of drug-likeness (QED) is 0.616. The third kappa shape index (κ3) is 3.81. The predicted molar refractivity (Wildman–Crippen MR) is 59.8 cm³/mol. The number of amides is 1. The topological polar surface area (TPSA) is 92.4 Å². The van der Waals surface area contributed by atoms with Crippen LogP contribution in [0.3, 0.4) is 0 Å². The molecule has 1 unspecified atom stereocenters. The van der Waals surface area contributed by atoms with Crippen molar-refractivity contribution >= 4 is 11.9 Å². The van der Waals surface area contributed by atoms with Gasteiger partial charge in [0.1, 0.15) is 6.04 Å². The summed E-state index contributed by atoms with van der Waals surface area (Å²) in [5.41, 5.74) is 5.14. The highest BCUT2D eigenvalue weighted by molar-refractivity contribution is 5.78. The molecule has 1 aliphatic rings. The molecule has 1 rings (SSSR count). The predicted octanol–water partition coefficient (Wildman–Crippen LogP) is 0.483. The molecule has 0 saturated heterocycles. The van der Waals surface area contributed by atoms with Gasteiger partial charge in [-0.25, -0.2) is 0 Å². The van der Waals surface area contributed by atoms with Crippen molar-refractivity contribution in [3.05, 3.63) is 0 Å². The highest BCUT2D eigenvalue weighted by Gasteiger charge is 2.38. The number of rotatable bonds is 6. The Morgan fingerprint density at radius 1 is 1.50 bits per heavy atom. The van der Waals surface area contributed by atoms with Gasteiger partial charge < -0.3 is 16.2 Å². The minimum atomic E-state index is -1.06. The van der Waals surface area contributed by atoms with E-state index in [1.165, 1.54) is 0 Å². The molecule has 5 heteroatoms. The van der Waals surface area contributed by atoms with Crippen LogP contribution < -0.4 is 11.1 Å². The van der Waals surface area contributed by atoms with Crippen LogP contribution in [0.25, 0.3) is 0 Å². The van der Waals surface area contributed by atoms with E-state index in [-0.39, 0.29) is 24.3 Å². The Morgan fingerprint density at radius 3 is 2.50 bits per heavy atom. The number of hydrogen-bond donors (Lipinski definition) is 3. The third-order valence-electron chi connectivity index (χ3n) is 3.06. The molecule has 1 atom stereocenters. The zero-order chi connectivity index (χ0) is 12.3. The molecule has 0 aromatic carbocycles. The molecule has 1 fully saturated rings. The Labute approximate surface area is 95.4 Å². The standard InChI is InChI=1S/C11H20N2O3/c1-11(2,7-3-4-7)13-9(14)6-5-8(12)10(15)16/h7-8H,3-6,12H2,1-2H3,(H,13,14)(H,15,16). The van der Waals surface area contributed by atoms with Crippen molar-refractivity contribution in [2.75, 3.05) is 0 Å². The minimum Gasteiger partial charge on any atom is -0.480 e. The minimum absolute atomic E-state index is 0.117. The van der Waals surface area contributed by atoms with Crippen LogP contribution in [-0.2, 0) is 9.59 Å². The normalized spacial score (nSPS) is 17.9. The lowest BCUT2D eigenvalue weighted by atomic mass is 9.98. The molecule has 1 aliphatic carbocycles. The Bertz CT molecular complexity index is 285. The number of nitrogens with two attached hydrogens (primary N) is 1. The van der Waals surface area contributed by atoms with Crippen molar-refractivity contribution in [2.24, 2.45) is 11.7 Å². The van der Waals surface area contributed by atoms with Crippen LogP contribution >= 0.6 is 0 Å². The SMILES string of the molecule is CC(C)(NC(=O)CCC(N)C(=O)O)C1CC1. The van der Waals surface area contributed by atoms with Crippen molar-refractivity contribution in [2.45, 2.75) is 51.1 Å². The van der Waals surface area contributed by atoms with E-state index in [1.54, 1.807) is 0 Å². The molecule has 5 nitrogen and oxygen atoms in total. The highest BCUT2D eigenvalue weighted by atomic mass is 16.4. The van der Waals surface area contributed by atoms with Gasteiger partial charge in [0.15, 0.2) is 0 Å². The van der Waals surface area contributed by atoms with E-state index in [4.69, 9.17) is 10.8 Å². The van der Waals surface area contributed by atoms with Gasteiger partial charge in [-0.15, -0.1) is 0 Å². The first-order valence-electron chi connectivity index (χ1n) is 5.62. The molecule has 0 aromatic heterocycles. The van der Waals surface area contributed by atoms with Crippen LogP contribution in [0.1, 0.15) is 39.5 Å². The summed E-state index contributed by atoms with van der Waals surface area (Å²) in [5.74, 6) is -0.618. The lowest BCUT2D eigenvalue weighted by molar-refractivity contribution is -0.138. The molecule has 1 saturated carbocycles. The maximum Gasteiger partial charge on any atom is 0.320 e. The van der Waals surface area contributed by atoms with Gasteiger partial charge in [0.25, 0.3) is 0 Å². The van der Waals surface area contributed by atoms with Crippen molar-refractivity contribution in [1.82, 2.24) is 5.32 Å². The lowest BCUT2D eigenvalue weighted by Gasteiger charge is -2.26. The van der Waals surface area contributed by atoms with Gasteiger partial charge in [-0.2, -0.15) is 0 Å². The van der Waals surface area contributed by atoms with E-state index >= 15 is 0 Å². The van der Waals surface area contributed by atoms with E-state index in [1.807, 2.05) is 13.8 Å². The first-order chi connectivity index (χ1) is 7.33. The van der Waals surface area contributed by atoms with Gasteiger partial charge in [0.2, 0.25) is 5.91 Å². The third-order valence-corrected chi connectivity index (χ3v) is 3.06. The van der Waals surface area contributed by atoms with E-state index < -0.39 is 12.0 Å². The molecule has 4 N–H and O–H groups in total. The molecule has 0 radical (unpaired) electrons. The average Bonchev–Trinajstić information content (AvgIpc) is 2.96. The van der Waals surface area contributed by atoms with Crippen LogP contribution in [0.5, 0.6) is 0 Å². The number of nitrogens with one attached hydrogen (secondary N) is 1. The molecule has 0 spiro atoms. The Balaban J connectivity index is 2.27. The summed E-state index contributed by atoms with van der Waals surface area (Å²) >= 11 is 0. The number of hydrogen-bond acceptors (Lipinski definition) is 3. The summed E-state index contributed by atoms with van der Waals surface area (Å²) in [6.07, 6.45) is 2.66. The molecule has 0 bridgehead atoms. The van der Waals surface area contributed by atoms with Crippen molar-refractivity contribution < 1.29 is 14.7 Å². The summed E-state index contributed by atoms with van der Waals surface area (Å²) in [5, 5.41) is 11.5. The zero-order valence-electron chi connectivity index (χ0n) is 9.82. The zero-order valence-corrected chi connectivity index (χ0v) is 9.82. The Morgan fingerprint density at radius 2 is 2.06 bits per heavy atom. The lowest BCUT2D eigenvalue weighted by Crippen LogP contribution is -2.45. The summed E-state index contributed by atoms with van der Waals surface area (Å²) < 4.78 is 0. The monoisotopic (exact) mass is 228 g/mol. The fraction of sp³-hybridized carbons (Fsp3) is 0.818. The molecule has 0 heterocycles. The number of carbonyl (C=O) groups excluding carboxylic acids is 1. The largest absolute Gasteiger partial charge is 0.480 e. The van der Waals surface area contributed by atoms with Crippen LogP contribution in [0, 0.1) is 5.92 Å². The van der Waals surface area contributed by atoms with Crippen molar-refractivity contribution in [3.8, 4) is 0 Å². The van der Waals surface area contributed by atoms with Crippen LogP contribution in [0.15, 0.2) is 0 Å². The number of carboxylic acid groups (broad SMARTS) is 1. The summed E-state index contributed by atoms with van der Waals surface area (Å²) in [7, 11) is 0. The summed E-state index contributed by atoms with van der Waals surface area (Å²) in [6, 6.07) is -0.949. The fourth-order valence-electron chi connectivity index (χ4n) is 1.74. The molecule has 92 valence electrons. The number of carbonyl (C=O) groups is 2. The molecule has 0 aliphatic heterocycles. The van der Waals surface area contributed by atoms with E-state index in [0.717, 1.165) is 12.8 Å². The molecule has 0 aromatic rings. The van der Waals surface area contributed by atoms with Crippen LogP contribution in [-0.4, -0.2) is 28.6 Å². The van der Waals surface area contributed by atoms with Crippen molar-refractivity contribution in [3.63, 3.8) is 0 Å². The molecule has 16 heavy (non-hydrogen) atoms. The first-order valence-corrected chi connectivity index (χ1v) is 5.62. The second kappa shape index (κ2) is 4.82. The molecular formula is C11H20N2O3. The Hall–Kier alpha value is -1.10. The number of carboxylic acids is 1. The van der Waals surface area contributed by atoms with E-state index in [2.05, 4.69) is 5.32 Å². The fourth-order valence-corrected chi connectivity index (χ4v) is 1.74. The first kappa shape index (κ1) is 13.0. The number of aliphatic carboxylic acids is 1. The smallest absolute Gasteiger partial charge is 0.320 e. The average molecular weight is 228 g/mol. The van der Waals surface area contributed by atoms with Crippen LogP contribution in [0.4, 0.5) is 0 Å². The summed E-state index contributed by atoms with van der Waals surface area (Å²) in [4.78, 5) is 22.0. The van der Waals surface area contributed by atoms with E-state index in [9.17, 15) is 9.59 Å². The second-order valence-electron chi connectivity index (χ2n) is 5.03. The second-order valence-corrected chi connectivity index (χ2v) is 5.03. The van der Waals surface area contributed by atoms with Gasteiger partial charge in [-0.3, -0.25) is 9.59 Å². The van der Waals surface area contributed by atoms with E-state index in [0.29, 0.717) is 5.92 Å². The molecular weight excluding hydrogens is 208 g/mol. The maximum absolute atomic E-state index is 11.6. The Kier molecular flexibility index (Phi) is 3.91.